The molecule has 2 aliphatic heterocycles. The maximum atomic E-state index is 13.0. The van der Waals surface area contributed by atoms with E-state index in [1.807, 2.05) is 13.8 Å². The second-order valence-corrected chi connectivity index (χ2v) is 7.18. The van der Waals surface area contributed by atoms with Gasteiger partial charge >= 0.3 is 0 Å². The van der Waals surface area contributed by atoms with Crippen LogP contribution in [-0.2, 0) is 16.1 Å². The van der Waals surface area contributed by atoms with Crippen molar-refractivity contribution >= 4 is 28.7 Å². The second-order valence-electron chi connectivity index (χ2n) is 6.23. The lowest BCUT2D eigenvalue weighted by Crippen LogP contribution is -2.51. The number of amidine groups is 1. The van der Waals surface area contributed by atoms with Gasteiger partial charge in [0.15, 0.2) is 5.17 Å². The Bertz CT molecular complexity index is 750. The number of hydrogen-bond acceptors (Lipinski definition) is 6. The number of halogens is 1. The van der Waals surface area contributed by atoms with Crippen molar-refractivity contribution in [2.45, 2.75) is 32.6 Å². The molecule has 9 heteroatoms. The van der Waals surface area contributed by atoms with Crippen LogP contribution in [0.4, 0.5) is 4.39 Å². The van der Waals surface area contributed by atoms with Gasteiger partial charge in [-0.3, -0.25) is 19.9 Å². The highest BCUT2D eigenvalue weighted by Crippen LogP contribution is 2.23. The second kappa shape index (κ2) is 7.77. The van der Waals surface area contributed by atoms with Gasteiger partial charge in [-0.1, -0.05) is 23.9 Å². The molecule has 2 N–H and O–H groups in total. The molecule has 2 amide bonds. The molecule has 2 heterocycles. The van der Waals surface area contributed by atoms with Crippen molar-refractivity contribution in [3.05, 3.63) is 48.0 Å². The zero-order chi connectivity index (χ0) is 18.7. The average molecular weight is 377 g/mol. The molecule has 3 rings (SSSR count). The van der Waals surface area contributed by atoms with E-state index in [0.29, 0.717) is 11.7 Å². The van der Waals surface area contributed by atoms with Crippen molar-refractivity contribution in [2.75, 3.05) is 5.75 Å². The summed E-state index contributed by atoms with van der Waals surface area (Å²) in [6.45, 7) is 4.14. The number of hydrazone groups is 1. The minimum Gasteiger partial charge on any atom is -0.353 e. The number of nitrogens with one attached hydrogen (secondary N) is 2. The predicted octanol–water partition coefficient (Wildman–Crippen LogP) is 1.40. The quantitative estimate of drug-likeness (QED) is 0.811. The Morgan fingerprint density at radius 1 is 1.35 bits per heavy atom. The molecule has 1 aromatic rings. The number of thioether (sulfide) groups is 1. The Morgan fingerprint density at radius 2 is 2.08 bits per heavy atom. The summed E-state index contributed by atoms with van der Waals surface area (Å²) in [5, 5.41) is 7.54. The minimum atomic E-state index is -0.629. The first kappa shape index (κ1) is 18.2. The first-order valence-corrected chi connectivity index (χ1v) is 9.19. The molecule has 138 valence electrons. The Morgan fingerprint density at radius 3 is 2.77 bits per heavy atom. The smallest absolute Gasteiger partial charge is 0.272 e. The van der Waals surface area contributed by atoms with Crippen molar-refractivity contribution in [2.24, 2.45) is 5.10 Å². The van der Waals surface area contributed by atoms with Gasteiger partial charge in [-0.15, -0.1) is 0 Å². The first-order valence-electron chi connectivity index (χ1n) is 8.21. The van der Waals surface area contributed by atoms with Gasteiger partial charge in [0.1, 0.15) is 5.82 Å². The Balaban J connectivity index is 1.60. The van der Waals surface area contributed by atoms with Gasteiger partial charge in [0.25, 0.3) is 5.91 Å². The van der Waals surface area contributed by atoms with Crippen LogP contribution in [0, 0.1) is 5.82 Å². The summed E-state index contributed by atoms with van der Waals surface area (Å²) >= 11 is 1.27. The van der Waals surface area contributed by atoms with Crippen LogP contribution in [-0.4, -0.2) is 44.7 Å². The van der Waals surface area contributed by atoms with Gasteiger partial charge in [0, 0.05) is 18.4 Å². The van der Waals surface area contributed by atoms with Gasteiger partial charge < -0.3 is 10.2 Å². The summed E-state index contributed by atoms with van der Waals surface area (Å²) in [4.78, 5) is 27.7. The monoisotopic (exact) mass is 377 g/mol. The van der Waals surface area contributed by atoms with Gasteiger partial charge in [-0.2, -0.15) is 5.10 Å². The van der Waals surface area contributed by atoms with E-state index in [9.17, 15) is 14.0 Å². The lowest BCUT2D eigenvalue weighted by atomic mass is 10.2. The zero-order valence-electron chi connectivity index (χ0n) is 14.5. The van der Waals surface area contributed by atoms with E-state index in [1.165, 1.54) is 23.9 Å². The molecule has 0 aromatic heterocycles. The normalized spacial score (nSPS) is 18.7. The molecule has 1 unspecified atom stereocenters. The third kappa shape index (κ3) is 4.16. The molecule has 0 fully saturated rings. The summed E-state index contributed by atoms with van der Waals surface area (Å²) in [7, 11) is 0. The molecule has 0 aliphatic carbocycles. The number of carbonyl (C=O) groups excluding carboxylic acids is 2. The van der Waals surface area contributed by atoms with E-state index < -0.39 is 6.17 Å². The van der Waals surface area contributed by atoms with Gasteiger partial charge in [-0.05, 0) is 31.5 Å². The maximum absolute atomic E-state index is 13.0. The highest BCUT2D eigenvalue weighted by Gasteiger charge is 2.37. The third-order valence-corrected chi connectivity index (χ3v) is 4.72. The lowest BCUT2D eigenvalue weighted by Gasteiger charge is -2.32. The standard InChI is InChI=1S/C17H20FN5O2S/c1-11(2)19-14(24)10-26-17-21-20-15-16(25)22(7-8-23(15)17)9-12-3-5-13(18)6-4-12/h3-8,11,15,20H,9-10H2,1-2H3,(H,19,24). The van der Waals surface area contributed by atoms with E-state index in [-0.39, 0.29) is 29.4 Å². The molecule has 0 bridgehead atoms. The molecule has 0 spiro atoms. The van der Waals surface area contributed by atoms with Crippen LogP contribution in [0.1, 0.15) is 19.4 Å². The van der Waals surface area contributed by atoms with Crippen LogP contribution in [0.25, 0.3) is 0 Å². The van der Waals surface area contributed by atoms with Crippen molar-refractivity contribution in [3.63, 3.8) is 0 Å². The summed E-state index contributed by atoms with van der Waals surface area (Å²) < 4.78 is 13.0. The number of carbonyl (C=O) groups is 2. The van der Waals surface area contributed by atoms with Crippen LogP contribution in [0.3, 0.4) is 0 Å². The summed E-state index contributed by atoms with van der Waals surface area (Å²) in [6, 6.07) is 6.11. The molecule has 7 nitrogen and oxygen atoms in total. The van der Waals surface area contributed by atoms with E-state index >= 15 is 0 Å². The number of amides is 2. The molecule has 0 saturated heterocycles. The highest BCUT2D eigenvalue weighted by molar-refractivity contribution is 8.14. The van der Waals surface area contributed by atoms with Crippen LogP contribution in [0.15, 0.2) is 41.8 Å². The molecule has 26 heavy (non-hydrogen) atoms. The fourth-order valence-corrected chi connectivity index (χ4v) is 3.35. The SMILES string of the molecule is CC(C)NC(=O)CSC1=NNC2C(=O)N(Cc3ccc(F)cc3)C=CN12. The van der Waals surface area contributed by atoms with Gasteiger partial charge in [0.05, 0.1) is 12.3 Å². The molecular formula is C17H20FN5O2S. The summed E-state index contributed by atoms with van der Waals surface area (Å²) in [6.07, 6.45) is 2.79. The number of hydrogen-bond donors (Lipinski definition) is 2. The van der Waals surface area contributed by atoms with E-state index in [0.717, 1.165) is 5.56 Å². The fourth-order valence-electron chi connectivity index (χ4n) is 2.57. The summed E-state index contributed by atoms with van der Waals surface area (Å²) in [5.74, 6) is -0.331. The first-order chi connectivity index (χ1) is 12.4. The number of fused-ring (bicyclic) bond motifs is 1. The Hall–Kier alpha value is -2.55. The molecule has 1 aromatic carbocycles. The highest BCUT2D eigenvalue weighted by atomic mass is 32.2. The molecule has 1 atom stereocenters. The third-order valence-electron chi connectivity index (χ3n) is 3.75. The van der Waals surface area contributed by atoms with Crippen LogP contribution >= 0.6 is 11.8 Å². The Labute approximate surface area is 155 Å². The van der Waals surface area contributed by atoms with Crippen LogP contribution < -0.4 is 10.7 Å². The molecule has 0 radical (unpaired) electrons. The molecule has 2 aliphatic rings. The van der Waals surface area contributed by atoms with Gasteiger partial charge in [0.2, 0.25) is 12.1 Å². The van der Waals surface area contributed by atoms with Crippen LogP contribution in [0.2, 0.25) is 0 Å². The number of benzene rings is 1. The van der Waals surface area contributed by atoms with E-state index in [1.54, 1.807) is 34.3 Å². The zero-order valence-corrected chi connectivity index (χ0v) is 15.3. The van der Waals surface area contributed by atoms with Crippen molar-refractivity contribution in [1.82, 2.24) is 20.5 Å². The Kier molecular flexibility index (Phi) is 5.46. The molecule has 0 saturated carbocycles. The van der Waals surface area contributed by atoms with E-state index in [4.69, 9.17) is 0 Å². The van der Waals surface area contributed by atoms with Crippen molar-refractivity contribution in [1.29, 1.82) is 0 Å². The number of nitrogens with zero attached hydrogens (tertiary/aromatic N) is 3. The fraction of sp³-hybridized carbons (Fsp3) is 0.353. The van der Waals surface area contributed by atoms with Crippen molar-refractivity contribution in [3.8, 4) is 0 Å². The summed E-state index contributed by atoms with van der Waals surface area (Å²) in [5.41, 5.74) is 3.64. The minimum absolute atomic E-state index is 0.0796. The average Bonchev–Trinajstić information content (AvgIpc) is 3.01. The number of rotatable bonds is 5. The predicted molar refractivity (Wildman–Crippen MR) is 98.0 cm³/mol. The molecular weight excluding hydrogens is 357 g/mol. The van der Waals surface area contributed by atoms with Gasteiger partial charge in [-0.25, -0.2) is 4.39 Å². The van der Waals surface area contributed by atoms with E-state index in [2.05, 4.69) is 15.8 Å². The van der Waals surface area contributed by atoms with Crippen LogP contribution in [0.5, 0.6) is 0 Å². The maximum Gasteiger partial charge on any atom is 0.272 e. The topological polar surface area (TPSA) is 77.0 Å². The largest absolute Gasteiger partial charge is 0.353 e. The lowest BCUT2D eigenvalue weighted by molar-refractivity contribution is -0.134. The van der Waals surface area contributed by atoms with Crippen molar-refractivity contribution < 1.29 is 14.0 Å².